The molecule has 2 aromatic carbocycles. The van der Waals surface area contributed by atoms with Crippen LogP contribution >= 0.6 is 0 Å². The number of tetrazole rings is 1. The number of morpholine rings is 1. The summed E-state index contributed by atoms with van der Waals surface area (Å²) in [6.45, 7) is 8.19. The summed E-state index contributed by atoms with van der Waals surface area (Å²) >= 11 is 0. The summed E-state index contributed by atoms with van der Waals surface area (Å²) in [6.07, 6.45) is 4.17. The zero-order valence-corrected chi connectivity index (χ0v) is 36.8. The highest BCUT2D eigenvalue weighted by atomic mass is 16.6. The van der Waals surface area contributed by atoms with E-state index in [4.69, 9.17) is 19.4 Å². The fraction of sp³-hybridized carbons (Fsp3) is 0.467. The van der Waals surface area contributed by atoms with E-state index in [9.17, 15) is 29.1 Å². The number of piperidine rings is 1. The predicted molar refractivity (Wildman–Crippen MR) is 235 cm³/mol. The van der Waals surface area contributed by atoms with Gasteiger partial charge in [0.1, 0.15) is 17.3 Å². The maximum atomic E-state index is 13.9. The number of alkyl carbamates (subject to hydrolysis) is 1. The van der Waals surface area contributed by atoms with E-state index < -0.39 is 23.8 Å². The molecule has 2 aromatic heterocycles. The molecule has 20 nitrogen and oxygen atoms in total. The van der Waals surface area contributed by atoms with Crippen molar-refractivity contribution in [2.75, 3.05) is 25.1 Å². The molecule has 3 aliphatic rings. The van der Waals surface area contributed by atoms with Gasteiger partial charge >= 0.3 is 12.2 Å². The Morgan fingerprint density at radius 3 is 2.20 bits per heavy atom. The number of rotatable bonds is 12. The van der Waals surface area contributed by atoms with Gasteiger partial charge in [-0.25, -0.2) is 9.59 Å². The Labute approximate surface area is 375 Å². The quantitative estimate of drug-likeness (QED) is 0.0960. The van der Waals surface area contributed by atoms with Crippen LogP contribution in [0.1, 0.15) is 80.9 Å². The summed E-state index contributed by atoms with van der Waals surface area (Å²) < 4.78 is 10.9. The third-order valence-electron chi connectivity index (χ3n) is 11.7. The van der Waals surface area contributed by atoms with Crippen molar-refractivity contribution in [1.82, 2.24) is 46.5 Å². The second-order valence-electron chi connectivity index (χ2n) is 17.5. The lowest BCUT2D eigenvalue weighted by Gasteiger charge is -2.46. The van der Waals surface area contributed by atoms with Crippen molar-refractivity contribution in [1.29, 1.82) is 0 Å². The monoisotopic (exact) mass is 896 g/mol. The van der Waals surface area contributed by atoms with Gasteiger partial charge in [-0.1, -0.05) is 24.3 Å². The van der Waals surface area contributed by atoms with Crippen LogP contribution in [-0.4, -0.2) is 127 Å². The fourth-order valence-electron chi connectivity index (χ4n) is 8.53. The van der Waals surface area contributed by atoms with Gasteiger partial charge in [0.05, 0.1) is 25.3 Å². The maximum absolute atomic E-state index is 13.9. The van der Waals surface area contributed by atoms with Crippen LogP contribution in [0.25, 0.3) is 22.5 Å². The Balaban J connectivity index is 0.00000227. The normalized spacial score (nSPS) is 20.7. The second-order valence-corrected chi connectivity index (χ2v) is 17.5. The topological polar surface area (TPSA) is 280 Å². The number of H-pyrrole nitrogens is 1. The molecule has 7 N–H and O–H groups in total. The van der Waals surface area contributed by atoms with E-state index >= 15 is 0 Å². The van der Waals surface area contributed by atoms with Crippen molar-refractivity contribution in [3.63, 3.8) is 0 Å². The number of carbonyl (C=O) groups is 6. The number of fused-ring (bicyclic) bond motifs is 2. The van der Waals surface area contributed by atoms with Crippen LogP contribution in [0, 0.1) is 18.8 Å². The molecule has 4 aromatic rings. The largest absolute Gasteiger partial charge is 0.483 e. The first-order chi connectivity index (χ1) is 31.1. The lowest BCUT2D eigenvalue weighted by Crippen LogP contribution is -2.62. The number of nitrogens with zero attached hydrogens (tertiary/aromatic N) is 5. The molecule has 2 aliphatic heterocycles. The third-order valence-corrected chi connectivity index (χ3v) is 11.7. The molecule has 7 rings (SSSR count). The number of benzene rings is 2. The number of pyridine rings is 1. The van der Waals surface area contributed by atoms with Gasteiger partial charge in [0.2, 0.25) is 17.6 Å². The Hall–Kier alpha value is -6.96. The maximum Gasteiger partial charge on any atom is 0.407 e. The number of nitrogens with one attached hydrogen (secondary N) is 5. The van der Waals surface area contributed by atoms with Crippen molar-refractivity contribution in [3.05, 3.63) is 77.6 Å². The van der Waals surface area contributed by atoms with Gasteiger partial charge in [-0.3, -0.25) is 29.1 Å². The second kappa shape index (κ2) is 21.6. The Bertz CT molecular complexity index is 2260. The highest BCUT2D eigenvalue weighted by Crippen LogP contribution is 2.31. The zero-order valence-electron chi connectivity index (χ0n) is 36.8. The van der Waals surface area contributed by atoms with Gasteiger partial charge in [-0.2, -0.15) is 5.21 Å². The van der Waals surface area contributed by atoms with E-state index in [1.807, 2.05) is 52.0 Å². The standard InChI is InChI=1S/C44H54N10O8.CH2O2/c1-25-17-36(40(56)48-32-19-33-23-61-24-34(20-32)54(33)43(59)60)45-22-35(25)28-9-5-26(6-10-28)18-37(41(57)47-31-15-13-29(14-16-31)38-50-52-53-51-38)49-39(55)30-11-7-27(8-12-30)21-46-42(58)62-44(2,3)4;2-1-3/h5-6,9-10,13-17,22,27,30,32-34,37H,7-8,11-12,18-21,23-24H2,1-4H3,(H,46,58)(H,47,57)(H,48,56)(H,49,55)(H,59,60)(H,50,51,52,53);1H,(H,2,3)/t27?,30?,32?,33?,34?,37-;/m0./s1. The molecule has 5 amide bonds. The van der Waals surface area contributed by atoms with Crippen LogP contribution < -0.4 is 21.3 Å². The molecule has 0 spiro atoms. The van der Waals surface area contributed by atoms with Crippen molar-refractivity contribution in [2.24, 2.45) is 11.8 Å². The number of aromatic amines is 1. The van der Waals surface area contributed by atoms with Gasteiger partial charge in [0.25, 0.3) is 12.4 Å². The molecule has 65 heavy (non-hydrogen) atoms. The average Bonchev–Trinajstić information content (AvgIpc) is 3.81. The number of carboxylic acid groups (broad SMARTS) is 2. The first-order valence-corrected chi connectivity index (χ1v) is 21.6. The third kappa shape index (κ3) is 13.1. The molecular weight excluding hydrogens is 841 g/mol. The molecule has 346 valence electrons. The summed E-state index contributed by atoms with van der Waals surface area (Å²) in [5.74, 6) is -0.522. The van der Waals surface area contributed by atoms with Gasteiger partial charge in [0.15, 0.2) is 0 Å². The van der Waals surface area contributed by atoms with E-state index in [1.165, 1.54) is 4.90 Å². The number of anilines is 1. The van der Waals surface area contributed by atoms with E-state index in [-0.39, 0.29) is 66.3 Å². The van der Waals surface area contributed by atoms with Crippen molar-refractivity contribution >= 4 is 42.1 Å². The van der Waals surface area contributed by atoms with Gasteiger partial charge < -0.3 is 41.0 Å². The first kappa shape index (κ1) is 47.5. The number of hydrogen-bond acceptors (Lipinski definition) is 12. The van der Waals surface area contributed by atoms with Crippen molar-refractivity contribution < 1.29 is 48.5 Å². The smallest absolute Gasteiger partial charge is 0.407 e. The van der Waals surface area contributed by atoms with Crippen molar-refractivity contribution in [2.45, 2.75) is 102 Å². The Morgan fingerprint density at radius 1 is 0.969 bits per heavy atom. The van der Waals surface area contributed by atoms with E-state index in [1.54, 1.807) is 36.5 Å². The molecule has 4 heterocycles. The van der Waals surface area contributed by atoms with Crippen LogP contribution in [0.4, 0.5) is 15.3 Å². The van der Waals surface area contributed by atoms with E-state index in [2.05, 4.69) is 46.9 Å². The SMILES string of the molecule is Cc1cc(C(=O)NC2CC3COCC(C2)N3C(=O)O)ncc1-c1ccc(C[C@H](NC(=O)C2CCC(CNC(=O)OC(C)(C)C)CC2)C(=O)Nc2ccc(-c3nn[nH]n3)cc2)cc1.O=CO. The lowest BCUT2D eigenvalue weighted by molar-refractivity contribution is -0.130. The number of amides is 5. The lowest BCUT2D eigenvalue weighted by atomic mass is 9.81. The molecule has 2 bridgehead atoms. The fourth-order valence-corrected chi connectivity index (χ4v) is 8.53. The first-order valence-electron chi connectivity index (χ1n) is 21.6. The summed E-state index contributed by atoms with van der Waals surface area (Å²) in [5, 5.41) is 42.4. The van der Waals surface area contributed by atoms with E-state index in [0.29, 0.717) is 57.0 Å². The minimum absolute atomic E-state index is 0.193. The molecule has 0 radical (unpaired) electrons. The molecule has 1 aliphatic carbocycles. The molecule has 3 atom stereocenters. The van der Waals surface area contributed by atoms with E-state index in [0.717, 1.165) is 40.7 Å². The molecular formula is C45H56N10O10. The van der Waals surface area contributed by atoms with Gasteiger partial charge in [-0.15, -0.1) is 10.2 Å². The molecule has 3 fully saturated rings. The summed E-state index contributed by atoms with van der Waals surface area (Å²) in [5.41, 5.74) is 4.30. The summed E-state index contributed by atoms with van der Waals surface area (Å²) in [7, 11) is 0. The van der Waals surface area contributed by atoms with Gasteiger partial charge in [0, 0.05) is 47.9 Å². The van der Waals surface area contributed by atoms with Crippen LogP contribution in [0.5, 0.6) is 0 Å². The predicted octanol–water partition coefficient (Wildman–Crippen LogP) is 4.57. The van der Waals surface area contributed by atoms with Crippen LogP contribution in [0.15, 0.2) is 60.8 Å². The van der Waals surface area contributed by atoms with Crippen molar-refractivity contribution in [3.8, 4) is 22.5 Å². The minimum atomic E-state index is -0.968. The number of carbonyl (C=O) groups excluding carboxylic acids is 4. The van der Waals surface area contributed by atoms with Crippen LogP contribution in [-0.2, 0) is 30.3 Å². The molecule has 2 saturated heterocycles. The average molecular weight is 897 g/mol. The zero-order chi connectivity index (χ0) is 46.7. The minimum Gasteiger partial charge on any atom is -0.483 e. The van der Waals surface area contributed by atoms with Gasteiger partial charge in [-0.05, 0) is 124 Å². The van der Waals surface area contributed by atoms with Crippen LogP contribution in [0.3, 0.4) is 0 Å². The Kier molecular flexibility index (Phi) is 15.8. The summed E-state index contributed by atoms with van der Waals surface area (Å²) in [6, 6.07) is 14.7. The number of aromatic nitrogens is 5. The number of ether oxygens (including phenoxy) is 2. The summed E-state index contributed by atoms with van der Waals surface area (Å²) in [4.78, 5) is 79.2. The highest BCUT2D eigenvalue weighted by Gasteiger charge is 2.42. The number of aryl methyl sites for hydroxylation is 1. The molecule has 20 heteroatoms. The van der Waals surface area contributed by atoms with Crippen LogP contribution in [0.2, 0.25) is 0 Å². The highest BCUT2D eigenvalue weighted by molar-refractivity contribution is 5.98. The Morgan fingerprint density at radius 2 is 1.62 bits per heavy atom. The number of hydrogen-bond donors (Lipinski definition) is 7. The molecule has 1 saturated carbocycles. The molecule has 2 unspecified atom stereocenters.